The number of nitrogens with one attached hydrogen (secondary N) is 1. The fraction of sp³-hybridized carbons (Fsp3) is 0.333. The molecule has 0 aliphatic carbocycles. The third-order valence-corrected chi connectivity index (χ3v) is 2.34. The second-order valence-corrected chi connectivity index (χ2v) is 4.27. The molecule has 0 amide bonds. The summed E-state index contributed by atoms with van der Waals surface area (Å²) in [6, 6.07) is 5.68. The highest BCUT2D eigenvalue weighted by atomic mass is 15.0. The van der Waals surface area contributed by atoms with Crippen molar-refractivity contribution in [1.29, 1.82) is 0 Å². The second-order valence-electron chi connectivity index (χ2n) is 4.27. The minimum Gasteiger partial charge on any atom is -0.399 e. The molecule has 0 spiro atoms. The Morgan fingerprint density at radius 2 is 2.12 bits per heavy atom. The van der Waals surface area contributed by atoms with E-state index in [1.165, 1.54) is 0 Å². The first-order chi connectivity index (χ1) is 7.66. The van der Waals surface area contributed by atoms with E-state index in [9.17, 15) is 0 Å². The molecule has 0 bridgehead atoms. The van der Waals surface area contributed by atoms with E-state index in [1.54, 1.807) is 6.33 Å². The summed E-state index contributed by atoms with van der Waals surface area (Å²) in [6.45, 7) is 5.22. The molecule has 0 saturated carbocycles. The largest absolute Gasteiger partial charge is 0.399 e. The number of aromatic nitrogens is 2. The van der Waals surface area contributed by atoms with Crippen molar-refractivity contribution >= 4 is 22.4 Å². The quantitative estimate of drug-likeness (QED) is 0.772. The van der Waals surface area contributed by atoms with E-state index in [0.717, 1.165) is 29.0 Å². The fourth-order valence-corrected chi connectivity index (χ4v) is 1.52. The van der Waals surface area contributed by atoms with Gasteiger partial charge in [-0.2, -0.15) is 0 Å². The average molecular weight is 216 g/mol. The molecule has 0 radical (unpaired) electrons. The van der Waals surface area contributed by atoms with Crippen LogP contribution in [0.5, 0.6) is 0 Å². The van der Waals surface area contributed by atoms with Crippen LogP contribution < -0.4 is 11.1 Å². The molecule has 1 heterocycles. The molecule has 0 aliphatic rings. The van der Waals surface area contributed by atoms with E-state index in [-0.39, 0.29) is 0 Å². The topological polar surface area (TPSA) is 63.8 Å². The molecule has 0 unspecified atom stereocenters. The van der Waals surface area contributed by atoms with Gasteiger partial charge in [0.15, 0.2) is 0 Å². The number of fused-ring (bicyclic) bond motifs is 1. The first kappa shape index (κ1) is 10.7. The molecule has 4 nitrogen and oxygen atoms in total. The molecule has 0 aliphatic heterocycles. The standard InChI is InChI=1S/C12H16N4/c1-8(2)6-14-12-10-4-3-9(13)5-11(10)15-7-16-12/h3-5,7-8H,6,13H2,1-2H3,(H,14,15,16). The molecule has 2 rings (SSSR count). The third-order valence-electron chi connectivity index (χ3n) is 2.34. The lowest BCUT2D eigenvalue weighted by Crippen LogP contribution is -2.09. The van der Waals surface area contributed by atoms with Gasteiger partial charge >= 0.3 is 0 Å². The molecule has 1 aromatic heterocycles. The van der Waals surface area contributed by atoms with Gasteiger partial charge in [0.25, 0.3) is 0 Å². The van der Waals surface area contributed by atoms with Crippen LogP contribution in [0.3, 0.4) is 0 Å². The minimum absolute atomic E-state index is 0.582. The van der Waals surface area contributed by atoms with E-state index in [1.807, 2.05) is 18.2 Å². The zero-order valence-corrected chi connectivity index (χ0v) is 9.57. The highest BCUT2D eigenvalue weighted by Gasteiger charge is 2.03. The predicted molar refractivity (Wildman–Crippen MR) is 67.3 cm³/mol. The summed E-state index contributed by atoms with van der Waals surface area (Å²) in [6.07, 6.45) is 1.56. The number of anilines is 2. The van der Waals surface area contributed by atoms with Gasteiger partial charge in [-0.3, -0.25) is 0 Å². The molecule has 84 valence electrons. The van der Waals surface area contributed by atoms with Crippen LogP contribution in [0.4, 0.5) is 11.5 Å². The lowest BCUT2D eigenvalue weighted by molar-refractivity contribution is 0.687. The Morgan fingerprint density at radius 3 is 2.88 bits per heavy atom. The molecule has 0 fully saturated rings. The molecular formula is C12H16N4. The van der Waals surface area contributed by atoms with Crippen molar-refractivity contribution in [2.45, 2.75) is 13.8 Å². The monoisotopic (exact) mass is 216 g/mol. The Kier molecular flexibility index (Phi) is 2.90. The van der Waals surface area contributed by atoms with Crippen LogP contribution in [0.25, 0.3) is 10.9 Å². The summed E-state index contributed by atoms with van der Waals surface area (Å²) < 4.78 is 0. The Hall–Kier alpha value is -1.84. The van der Waals surface area contributed by atoms with Crippen LogP contribution >= 0.6 is 0 Å². The first-order valence-electron chi connectivity index (χ1n) is 5.41. The molecule has 4 heteroatoms. The van der Waals surface area contributed by atoms with Crippen molar-refractivity contribution in [2.75, 3.05) is 17.6 Å². The first-order valence-corrected chi connectivity index (χ1v) is 5.41. The SMILES string of the molecule is CC(C)CNc1ncnc2cc(N)ccc12. The Bertz CT molecular complexity index is 493. The number of nitrogen functional groups attached to an aromatic ring is 1. The molecule has 0 atom stereocenters. The van der Waals surface area contributed by atoms with Crippen LogP contribution in [-0.4, -0.2) is 16.5 Å². The molecule has 1 aromatic carbocycles. The van der Waals surface area contributed by atoms with Gasteiger partial charge in [-0.15, -0.1) is 0 Å². The smallest absolute Gasteiger partial charge is 0.137 e. The van der Waals surface area contributed by atoms with Crippen LogP contribution in [0.2, 0.25) is 0 Å². The average Bonchev–Trinajstić information content (AvgIpc) is 2.25. The number of hydrogen-bond acceptors (Lipinski definition) is 4. The maximum Gasteiger partial charge on any atom is 0.137 e. The fourth-order valence-electron chi connectivity index (χ4n) is 1.52. The van der Waals surface area contributed by atoms with E-state index in [2.05, 4.69) is 29.1 Å². The van der Waals surface area contributed by atoms with Gasteiger partial charge in [0.1, 0.15) is 12.1 Å². The molecule has 2 aromatic rings. The van der Waals surface area contributed by atoms with Gasteiger partial charge in [0.05, 0.1) is 5.52 Å². The van der Waals surface area contributed by atoms with Crippen LogP contribution in [0.15, 0.2) is 24.5 Å². The highest BCUT2D eigenvalue weighted by Crippen LogP contribution is 2.21. The molecular weight excluding hydrogens is 200 g/mol. The van der Waals surface area contributed by atoms with E-state index < -0.39 is 0 Å². The van der Waals surface area contributed by atoms with Crippen LogP contribution in [0.1, 0.15) is 13.8 Å². The van der Waals surface area contributed by atoms with Crippen molar-refractivity contribution < 1.29 is 0 Å². The predicted octanol–water partition coefficient (Wildman–Crippen LogP) is 2.28. The van der Waals surface area contributed by atoms with Crippen molar-refractivity contribution in [3.63, 3.8) is 0 Å². The van der Waals surface area contributed by atoms with Crippen LogP contribution in [0, 0.1) is 5.92 Å². The van der Waals surface area contributed by atoms with Crippen molar-refractivity contribution in [3.05, 3.63) is 24.5 Å². The normalized spacial score (nSPS) is 10.9. The van der Waals surface area contributed by atoms with E-state index in [0.29, 0.717) is 5.92 Å². The van der Waals surface area contributed by atoms with Gasteiger partial charge in [-0.25, -0.2) is 9.97 Å². The number of rotatable bonds is 3. The lowest BCUT2D eigenvalue weighted by Gasteiger charge is -2.10. The maximum absolute atomic E-state index is 5.72. The molecule has 0 saturated heterocycles. The Morgan fingerprint density at radius 1 is 1.31 bits per heavy atom. The second kappa shape index (κ2) is 4.35. The number of benzene rings is 1. The van der Waals surface area contributed by atoms with Crippen molar-refractivity contribution in [3.8, 4) is 0 Å². The van der Waals surface area contributed by atoms with Gasteiger partial charge in [0.2, 0.25) is 0 Å². The number of nitrogens with zero attached hydrogens (tertiary/aromatic N) is 2. The zero-order chi connectivity index (χ0) is 11.5. The summed E-state index contributed by atoms with van der Waals surface area (Å²) in [7, 11) is 0. The molecule has 16 heavy (non-hydrogen) atoms. The summed E-state index contributed by atoms with van der Waals surface area (Å²) in [4.78, 5) is 8.44. The maximum atomic E-state index is 5.72. The lowest BCUT2D eigenvalue weighted by atomic mass is 10.2. The van der Waals surface area contributed by atoms with Gasteiger partial charge in [0, 0.05) is 17.6 Å². The van der Waals surface area contributed by atoms with Gasteiger partial charge < -0.3 is 11.1 Å². The summed E-state index contributed by atoms with van der Waals surface area (Å²) >= 11 is 0. The van der Waals surface area contributed by atoms with Crippen molar-refractivity contribution in [1.82, 2.24) is 9.97 Å². The third kappa shape index (κ3) is 2.21. The van der Waals surface area contributed by atoms with Crippen molar-refractivity contribution in [2.24, 2.45) is 5.92 Å². The zero-order valence-electron chi connectivity index (χ0n) is 9.57. The highest BCUT2D eigenvalue weighted by molar-refractivity contribution is 5.90. The van der Waals surface area contributed by atoms with Crippen LogP contribution in [-0.2, 0) is 0 Å². The Balaban J connectivity index is 2.38. The van der Waals surface area contributed by atoms with Gasteiger partial charge in [-0.1, -0.05) is 13.8 Å². The van der Waals surface area contributed by atoms with E-state index >= 15 is 0 Å². The summed E-state index contributed by atoms with van der Waals surface area (Å²) in [5, 5.41) is 4.33. The number of hydrogen-bond donors (Lipinski definition) is 2. The summed E-state index contributed by atoms with van der Waals surface area (Å²) in [5.74, 6) is 1.46. The van der Waals surface area contributed by atoms with Gasteiger partial charge in [-0.05, 0) is 24.1 Å². The summed E-state index contributed by atoms with van der Waals surface area (Å²) in [5.41, 5.74) is 7.31. The minimum atomic E-state index is 0.582. The Labute approximate surface area is 94.9 Å². The molecule has 3 N–H and O–H groups in total. The number of nitrogens with two attached hydrogens (primary N) is 1. The van der Waals surface area contributed by atoms with E-state index in [4.69, 9.17) is 5.73 Å².